The van der Waals surface area contributed by atoms with Gasteiger partial charge in [0.1, 0.15) is 5.82 Å². The molecule has 20 heavy (non-hydrogen) atoms. The van der Waals surface area contributed by atoms with E-state index >= 15 is 0 Å². The largest absolute Gasteiger partial charge is 0.274 e. The Balaban J connectivity index is 2.09. The number of halogens is 1. The number of carbonyl (C=O) groups excluding carboxylic acids is 1. The van der Waals surface area contributed by atoms with Gasteiger partial charge in [-0.1, -0.05) is 19.1 Å². The Kier molecular flexibility index (Phi) is 4.63. The van der Waals surface area contributed by atoms with Gasteiger partial charge >= 0.3 is 0 Å². The van der Waals surface area contributed by atoms with Gasteiger partial charge in [0.15, 0.2) is 0 Å². The highest BCUT2D eigenvalue weighted by Crippen LogP contribution is 2.17. The number of carbonyl (C=O) groups is 1. The third-order valence-corrected chi connectivity index (χ3v) is 4.15. The number of amides is 1. The van der Waals surface area contributed by atoms with Crippen molar-refractivity contribution >= 4 is 23.0 Å². The zero-order valence-corrected chi connectivity index (χ0v) is 12.1. The fourth-order valence-electron chi connectivity index (χ4n) is 1.66. The lowest BCUT2D eigenvalue weighted by Crippen LogP contribution is -2.20. The van der Waals surface area contributed by atoms with Crippen molar-refractivity contribution in [2.45, 2.75) is 20.3 Å². The SMILES string of the molecule is CCc1ccc(C(C)=NNC(=O)c2ccccc2F)s1. The molecule has 1 N–H and O–H groups in total. The summed E-state index contributed by atoms with van der Waals surface area (Å²) in [5, 5.41) is 4.02. The molecule has 5 heteroatoms. The van der Waals surface area contributed by atoms with Crippen LogP contribution in [0.5, 0.6) is 0 Å². The van der Waals surface area contributed by atoms with Crippen LogP contribution in [0.2, 0.25) is 0 Å². The summed E-state index contributed by atoms with van der Waals surface area (Å²) >= 11 is 1.64. The summed E-state index contributed by atoms with van der Waals surface area (Å²) in [6.45, 7) is 3.90. The Morgan fingerprint density at radius 1 is 1.30 bits per heavy atom. The predicted octanol–water partition coefficient (Wildman–Crippen LogP) is 3.60. The van der Waals surface area contributed by atoms with Crippen molar-refractivity contribution in [2.24, 2.45) is 5.10 Å². The third kappa shape index (κ3) is 3.30. The molecule has 0 bridgehead atoms. The minimum Gasteiger partial charge on any atom is -0.267 e. The van der Waals surface area contributed by atoms with Gasteiger partial charge < -0.3 is 0 Å². The lowest BCUT2D eigenvalue weighted by molar-refractivity contribution is 0.0951. The number of thiophene rings is 1. The second-order valence-corrected chi connectivity index (χ2v) is 5.41. The number of hydrogen-bond acceptors (Lipinski definition) is 3. The normalized spacial score (nSPS) is 11.4. The summed E-state index contributed by atoms with van der Waals surface area (Å²) in [5.74, 6) is -1.10. The third-order valence-electron chi connectivity index (χ3n) is 2.81. The Hall–Kier alpha value is -2.01. The smallest absolute Gasteiger partial charge is 0.267 e. The van der Waals surface area contributed by atoms with Crippen LogP contribution in [-0.4, -0.2) is 11.6 Å². The molecule has 0 saturated heterocycles. The second-order valence-electron chi connectivity index (χ2n) is 4.24. The van der Waals surface area contributed by atoms with Gasteiger partial charge in [0.05, 0.1) is 16.2 Å². The van der Waals surface area contributed by atoms with Gasteiger partial charge in [0.25, 0.3) is 5.91 Å². The van der Waals surface area contributed by atoms with E-state index in [4.69, 9.17) is 0 Å². The molecule has 0 aliphatic rings. The maximum atomic E-state index is 13.4. The van der Waals surface area contributed by atoms with E-state index in [2.05, 4.69) is 17.5 Å². The minimum atomic E-state index is -0.553. The van der Waals surface area contributed by atoms with Gasteiger partial charge in [0.2, 0.25) is 0 Å². The molecule has 0 unspecified atom stereocenters. The van der Waals surface area contributed by atoms with Crippen molar-refractivity contribution in [3.8, 4) is 0 Å². The van der Waals surface area contributed by atoms with Crippen molar-refractivity contribution in [3.05, 3.63) is 57.5 Å². The first kappa shape index (κ1) is 14.4. The van der Waals surface area contributed by atoms with Crippen molar-refractivity contribution in [1.82, 2.24) is 5.43 Å². The fourth-order valence-corrected chi connectivity index (χ4v) is 2.55. The van der Waals surface area contributed by atoms with Crippen LogP contribution in [0, 0.1) is 5.82 Å². The van der Waals surface area contributed by atoms with Gasteiger partial charge in [0, 0.05) is 4.88 Å². The minimum absolute atomic E-state index is 0.00974. The zero-order valence-electron chi connectivity index (χ0n) is 11.3. The molecule has 0 aliphatic carbocycles. The summed E-state index contributed by atoms with van der Waals surface area (Å²) in [6.07, 6.45) is 0.972. The van der Waals surface area contributed by atoms with Gasteiger partial charge in [-0.2, -0.15) is 5.10 Å². The Morgan fingerprint density at radius 2 is 2.05 bits per heavy atom. The standard InChI is InChI=1S/C15H15FN2OS/c1-3-11-8-9-14(20-11)10(2)17-18-15(19)12-6-4-5-7-13(12)16/h4-9H,3H2,1-2H3,(H,18,19). The fraction of sp³-hybridized carbons (Fsp3) is 0.200. The Bertz CT molecular complexity index is 649. The second kappa shape index (κ2) is 6.43. The van der Waals surface area contributed by atoms with E-state index in [1.165, 1.54) is 17.0 Å². The summed E-state index contributed by atoms with van der Waals surface area (Å²) in [5.41, 5.74) is 3.08. The first-order valence-corrected chi connectivity index (χ1v) is 7.11. The zero-order chi connectivity index (χ0) is 14.5. The molecule has 1 heterocycles. The first-order chi connectivity index (χ1) is 9.61. The number of benzene rings is 1. The summed E-state index contributed by atoms with van der Waals surface area (Å²) in [4.78, 5) is 14.1. The van der Waals surface area contributed by atoms with E-state index in [9.17, 15) is 9.18 Å². The highest BCUT2D eigenvalue weighted by molar-refractivity contribution is 7.14. The maximum Gasteiger partial charge on any atom is 0.274 e. The molecule has 0 atom stereocenters. The molecule has 0 fully saturated rings. The van der Waals surface area contributed by atoms with Crippen LogP contribution in [0.1, 0.15) is 34.0 Å². The number of aryl methyl sites for hydroxylation is 1. The molecule has 104 valence electrons. The predicted molar refractivity (Wildman–Crippen MR) is 79.8 cm³/mol. The van der Waals surface area contributed by atoms with Crippen LogP contribution < -0.4 is 5.43 Å². The van der Waals surface area contributed by atoms with Gasteiger partial charge in [-0.05, 0) is 37.6 Å². The molecule has 2 rings (SSSR count). The van der Waals surface area contributed by atoms with Crippen LogP contribution >= 0.6 is 11.3 Å². The number of nitrogens with one attached hydrogen (secondary N) is 1. The molecule has 2 aromatic rings. The molecule has 0 aliphatic heterocycles. The highest BCUT2D eigenvalue weighted by Gasteiger charge is 2.10. The molecule has 0 saturated carbocycles. The van der Waals surface area contributed by atoms with E-state index < -0.39 is 11.7 Å². The highest BCUT2D eigenvalue weighted by atomic mass is 32.1. The number of hydrazone groups is 1. The van der Waals surface area contributed by atoms with Crippen molar-refractivity contribution in [1.29, 1.82) is 0 Å². The summed E-state index contributed by atoms with van der Waals surface area (Å²) in [7, 11) is 0. The molecule has 1 aromatic heterocycles. The lowest BCUT2D eigenvalue weighted by Gasteiger charge is -2.02. The van der Waals surface area contributed by atoms with Gasteiger partial charge in [-0.25, -0.2) is 9.82 Å². The van der Waals surface area contributed by atoms with Crippen molar-refractivity contribution in [2.75, 3.05) is 0 Å². The van der Waals surface area contributed by atoms with Crippen LogP contribution in [0.3, 0.4) is 0 Å². The lowest BCUT2D eigenvalue weighted by atomic mass is 10.2. The quantitative estimate of drug-likeness (QED) is 0.678. The molecule has 3 nitrogen and oxygen atoms in total. The van der Waals surface area contributed by atoms with E-state index in [1.807, 2.05) is 19.1 Å². The Labute approximate surface area is 121 Å². The van der Waals surface area contributed by atoms with E-state index in [-0.39, 0.29) is 5.56 Å². The van der Waals surface area contributed by atoms with Crippen LogP contribution in [0.25, 0.3) is 0 Å². The number of nitrogens with zero attached hydrogens (tertiary/aromatic N) is 1. The van der Waals surface area contributed by atoms with Gasteiger partial charge in [-0.15, -0.1) is 11.3 Å². The topological polar surface area (TPSA) is 41.5 Å². The van der Waals surface area contributed by atoms with Crippen LogP contribution in [0.4, 0.5) is 4.39 Å². The van der Waals surface area contributed by atoms with Crippen LogP contribution in [-0.2, 0) is 6.42 Å². The van der Waals surface area contributed by atoms with Crippen LogP contribution in [0.15, 0.2) is 41.5 Å². The molecule has 0 radical (unpaired) electrons. The van der Waals surface area contributed by atoms with Gasteiger partial charge in [-0.3, -0.25) is 4.79 Å². The molecule has 1 aromatic carbocycles. The molecular formula is C15H15FN2OS. The maximum absolute atomic E-state index is 13.4. The average Bonchev–Trinajstić information content (AvgIpc) is 2.94. The molecule has 0 spiro atoms. The van der Waals surface area contributed by atoms with E-state index in [0.29, 0.717) is 5.71 Å². The number of hydrogen-bond donors (Lipinski definition) is 1. The monoisotopic (exact) mass is 290 g/mol. The summed E-state index contributed by atoms with van der Waals surface area (Å²) < 4.78 is 13.4. The van der Waals surface area contributed by atoms with E-state index in [0.717, 1.165) is 11.3 Å². The van der Waals surface area contributed by atoms with Crippen molar-refractivity contribution < 1.29 is 9.18 Å². The first-order valence-electron chi connectivity index (χ1n) is 6.30. The summed E-state index contributed by atoms with van der Waals surface area (Å²) in [6, 6.07) is 9.84. The van der Waals surface area contributed by atoms with Crippen molar-refractivity contribution in [3.63, 3.8) is 0 Å². The van der Waals surface area contributed by atoms with E-state index in [1.54, 1.807) is 23.5 Å². The molecular weight excluding hydrogens is 275 g/mol. The molecule has 1 amide bonds. The Morgan fingerprint density at radius 3 is 2.70 bits per heavy atom. The number of rotatable bonds is 4. The average molecular weight is 290 g/mol.